The van der Waals surface area contributed by atoms with E-state index in [2.05, 4.69) is 42.2 Å². The summed E-state index contributed by atoms with van der Waals surface area (Å²) in [5.74, 6) is -0.393. The van der Waals surface area contributed by atoms with E-state index in [0.717, 1.165) is 20.7 Å². The third-order valence-electron chi connectivity index (χ3n) is 1.78. The van der Waals surface area contributed by atoms with Crippen LogP contribution in [0.2, 0.25) is 0 Å². The van der Waals surface area contributed by atoms with Crippen molar-refractivity contribution < 1.29 is 4.79 Å². The van der Waals surface area contributed by atoms with Crippen molar-refractivity contribution in [2.75, 3.05) is 11.1 Å². The van der Waals surface area contributed by atoms with Gasteiger partial charge in [0.1, 0.15) is 0 Å². The Labute approximate surface area is 131 Å². The summed E-state index contributed by atoms with van der Waals surface area (Å²) in [6.07, 6.45) is 0. The summed E-state index contributed by atoms with van der Waals surface area (Å²) in [5.41, 5.74) is 10.9. The zero-order valence-corrected chi connectivity index (χ0v) is 13.6. The Kier molecular flexibility index (Phi) is 6.32. The van der Waals surface area contributed by atoms with E-state index in [4.69, 9.17) is 16.9 Å². The number of aliphatic imine (C=N–C) groups is 1. The molecule has 1 amide bonds. The molecule has 0 aromatic heterocycles. The molecule has 0 radical (unpaired) electrons. The second-order valence-electron chi connectivity index (χ2n) is 3.30. The SMILES string of the molecule is N=C(N=C(N)N)SCC(=O)Nc1ccc(Br)cc1Br. The molecule has 0 bridgehead atoms. The van der Waals surface area contributed by atoms with Crippen molar-refractivity contribution >= 4 is 66.3 Å². The molecule has 0 heterocycles. The van der Waals surface area contributed by atoms with Gasteiger partial charge in [0.15, 0.2) is 11.1 Å². The number of anilines is 1. The molecule has 6 N–H and O–H groups in total. The van der Waals surface area contributed by atoms with Crippen LogP contribution in [0, 0.1) is 5.41 Å². The molecule has 9 heteroatoms. The Morgan fingerprint density at radius 1 is 1.42 bits per heavy atom. The van der Waals surface area contributed by atoms with Crippen molar-refractivity contribution in [1.29, 1.82) is 5.41 Å². The molecule has 1 aromatic carbocycles. The Balaban J connectivity index is 2.52. The number of halogens is 2. The number of nitrogens with one attached hydrogen (secondary N) is 2. The first-order valence-electron chi connectivity index (χ1n) is 4.94. The summed E-state index contributed by atoms with van der Waals surface area (Å²) in [5, 5.41) is 9.99. The smallest absolute Gasteiger partial charge is 0.234 e. The van der Waals surface area contributed by atoms with E-state index in [9.17, 15) is 4.79 Å². The standard InChI is InChI=1S/C10H11Br2N5OS/c11-5-1-2-7(6(12)3-5)16-8(18)4-19-10(15)17-9(13)14/h1-3H,4H2,(H,16,18)(H5,13,14,15,17). The van der Waals surface area contributed by atoms with Gasteiger partial charge in [-0.25, -0.2) is 0 Å². The second kappa shape index (κ2) is 7.51. The average Bonchev–Trinajstić information content (AvgIpc) is 2.29. The topological polar surface area (TPSA) is 117 Å². The maximum Gasteiger partial charge on any atom is 0.234 e. The number of amidine groups is 1. The summed E-state index contributed by atoms with van der Waals surface area (Å²) in [4.78, 5) is 15.2. The molecular weight excluding hydrogens is 398 g/mol. The Bertz CT molecular complexity index is 531. The molecule has 19 heavy (non-hydrogen) atoms. The van der Waals surface area contributed by atoms with Crippen LogP contribution < -0.4 is 16.8 Å². The highest BCUT2D eigenvalue weighted by Gasteiger charge is 2.07. The molecule has 0 unspecified atom stereocenters. The largest absolute Gasteiger partial charge is 0.370 e. The van der Waals surface area contributed by atoms with Gasteiger partial charge in [-0.05, 0) is 34.1 Å². The minimum Gasteiger partial charge on any atom is -0.370 e. The highest BCUT2D eigenvalue weighted by Crippen LogP contribution is 2.26. The number of guanidine groups is 1. The minimum absolute atomic E-state index is 0.0537. The van der Waals surface area contributed by atoms with Gasteiger partial charge in [-0.2, -0.15) is 4.99 Å². The molecule has 0 saturated carbocycles. The molecular formula is C10H11Br2N5OS. The summed E-state index contributed by atoms with van der Waals surface area (Å²) in [6.45, 7) is 0. The maximum absolute atomic E-state index is 11.7. The van der Waals surface area contributed by atoms with Crippen LogP contribution in [0.4, 0.5) is 5.69 Å². The van der Waals surface area contributed by atoms with Crippen LogP contribution in [0.3, 0.4) is 0 Å². The molecule has 1 aromatic rings. The van der Waals surface area contributed by atoms with E-state index in [0.29, 0.717) is 5.69 Å². The molecule has 102 valence electrons. The predicted octanol–water partition coefficient (Wildman–Crippen LogP) is 2.09. The van der Waals surface area contributed by atoms with E-state index in [-0.39, 0.29) is 22.8 Å². The fourth-order valence-electron chi connectivity index (χ4n) is 1.06. The van der Waals surface area contributed by atoms with E-state index in [1.807, 2.05) is 12.1 Å². The lowest BCUT2D eigenvalue weighted by molar-refractivity contribution is -0.113. The third-order valence-corrected chi connectivity index (χ3v) is 3.70. The van der Waals surface area contributed by atoms with E-state index in [1.54, 1.807) is 6.07 Å². The van der Waals surface area contributed by atoms with Gasteiger partial charge >= 0.3 is 0 Å². The molecule has 0 spiro atoms. The van der Waals surface area contributed by atoms with Crippen LogP contribution in [-0.4, -0.2) is 22.8 Å². The molecule has 0 aliphatic rings. The third kappa shape index (κ3) is 6.08. The number of benzene rings is 1. The van der Waals surface area contributed by atoms with Gasteiger partial charge in [0.05, 0.1) is 11.4 Å². The molecule has 6 nitrogen and oxygen atoms in total. The van der Waals surface area contributed by atoms with E-state index >= 15 is 0 Å². The number of nitrogens with two attached hydrogens (primary N) is 2. The number of amides is 1. The fourth-order valence-corrected chi connectivity index (χ4v) is 2.72. The van der Waals surface area contributed by atoms with Crippen LogP contribution in [0.25, 0.3) is 0 Å². The first kappa shape index (κ1) is 16.0. The summed E-state index contributed by atoms with van der Waals surface area (Å²) >= 11 is 7.60. The summed E-state index contributed by atoms with van der Waals surface area (Å²) in [6, 6.07) is 5.40. The minimum atomic E-state index is -0.247. The predicted molar refractivity (Wildman–Crippen MR) is 86.5 cm³/mol. The van der Waals surface area contributed by atoms with E-state index < -0.39 is 0 Å². The molecule has 0 aliphatic carbocycles. The molecule has 0 aliphatic heterocycles. The van der Waals surface area contributed by atoms with Gasteiger partial charge in [0.2, 0.25) is 5.91 Å². The van der Waals surface area contributed by atoms with Gasteiger partial charge in [-0.15, -0.1) is 0 Å². The van der Waals surface area contributed by atoms with Gasteiger partial charge in [-0.1, -0.05) is 27.7 Å². The number of hydrogen-bond donors (Lipinski definition) is 4. The van der Waals surface area contributed by atoms with Gasteiger partial charge < -0.3 is 16.8 Å². The molecule has 0 saturated heterocycles. The Morgan fingerprint density at radius 3 is 2.68 bits per heavy atom. The number of nitrogens with zero attached hydrogens (tertiary/aromatic N) is 1. The Hall–Kier alpha value is -1.06. The number of hydrogen-bond acceptors (Lipinski definition) is 3. The van der Waals surface area contributed by atoms with Crippen molar-refractivity contribution in [2.24, 2.45) is 16.5 Å². The molecule has 1 rings (SSSR count). The highest BCUT2D eigenvalue weighted by atomic mass is 79.9. The summed E-state index contributed by atoms with van der Waals surface area (Å²) in [7, 11) is 0. The van der Waals surface area contributed by atoms with Crippen LogP contribution in [0.1, 0.15) is 0 Å². The zero-order valence-electron chi connectivity index (χ0n) is 9.61. The lowest BCUT2D eigenvalue weighted by atomic mass is 10.3. The van der Waals surface area contributed by atoms with Gasteiger partial charge in [-0.3, -0.25) is 10.2 Å². The first-order chi connectivity index (χ1) is 8.88. The van der Waals surface area contributed by atoms with Crippen LogP contribution in [-0.2, 0) is 4.79 Å². The monoisotopic (exact) mass is 407 g/mol. The number of carbonyl (C=O) groups excluding carboxylic acids is 1. The number of rotatable bonds is 3. The van der Waals surface area contributed by atoms with Gasteiger partial charge in [0.25, 0.3) is 0 Å². The maximum atomic E-state index is 11.7. The van der Waals surface area contributed by atoms with Crippen LogP contribution in [0.5, 0.6) is 0 Å². The number of carbonyl (C=O) groups is 1. The molecule has 0 fully saturated rings. The van der Waals surface area contributed by atoms with E-state index in [1.165, 1.54) is 0 Å². The van der Waals surface area contributed by atoms with Crippen LogP contribution >= 0.6 is 43.6 Å². The highest BCUT2D eigenvalue weighted by molar-refractivity contribution is 9.11. The van der Waals surface area contributed by atoms with Crippen molar-refractivity contribution in [2.45, 2.75) is 0 Å². The van der Waals surface area contributed by atoms with Crippen molar-refractivity contribution in [1.82, 2.24) is 0 Å². The average molecular weight is 409 g/mol. The van der Waals surface area contributed by atoms with Crippen LogP contribution in [0.15, 0.2) is 32.1 Å². The normalized spacial score (nSPS) is 9.79. The summed E-state index contributed by atoms with van der Waals surface area (Å²) < 4.78 is 1.67. The zero-order chi connectivity index (χ0) is 14.4. The number of thioether (sulfide) groups is 1. The van der Waals surface area contributed by atoms with Crippen molar-refractivity contribution in [3.05, 3.63) is 27.1 Å². The van der Waals surface area contributed by atoms with Crippen molar-refractivity contribution in [3.8, 4) is 0 Å². The lowest BCUT2D eigenvalue weighted by Crippen LogP contribution is -2.24. The second-order valence-corrected chi connectivity index (χ2v) is 6.04. The Morgan fingerprint density at radius 2 is 2.11 bits per heavy atom. The molecule has 0 atom stereocenters. The first-order valence-corrected chi connectivity index (χ1v) is 7.51. The fraction of sp³-hybridized carbons (Fsp3) is 0.100. The quantitative estimate of drug-likeness (QED) is 0.452. The van der Waals surface area contributed by atoms with Crippen molar-refractivity contribution in [3.63, 3.8) is 0 Å². The van der Waals surface area contributed by atoms with Gasteiger partial charge in [0, 0.05) is 8.95 Å². The lowest BCUT2D eigenvalue weighted by Gasteiger charge is -2.07.